The molecular formula is C68H45N. The van der Waals surface area contributed by atoms with Gasteiger partial charge in [0.05, 0.1) is 67.2 Å². The van der Waals surface area contributed by atoms with E-state index in [2.05, 4.69) is 0 Å². The molecule has 0 saturated carbocycles. The van der Waals surface area contributed by atoms with E-state index in [-0.39, 0.29) is 33.4 Å². The lowest BCUT2D eigenvalue weighted by atomic mass is 9.70. The first kappa shape index (κ1) is 17.4. The zero-order valence-corrected chi connectivity index (χ0v) is 35.1. The molecule has 1 nitrogen and oxygen atoms in total. The average molecular weight is 913 g/mol. The molecule has 69 heavy (non-hydrogen) atoms. The highest BCUT2D eigenvalue weighted by Crippen LogP contribution is 2.64. The van der Waals surface area contributed by atoms with E-state index >= 15 is 0 Å². The van der Waals surface area contributed by atoms with Gasteiger partial charge in [-0.2, -0.15) is 0 Å². The Kier molecular flexibility index (Phi) is 3.95. The van der Waals surface area contributed by atoms with Gasteiger partial charge in [0.15, 0.2) is 0 Å². The molecule has 0 N–H and O–H groups in total. The summed E-state index contributed by atoms with van der Waals surface area (Å²) in [4.78, 5) is 0. The lowest BCUT2D eigenvalue weighted by molar-refractivity contribution is 0.792. The van der Waals surface area contributed by atoms with E-state index in [0.717, 1.165) is 47.0 Å². The first-order valence-electron chi connectivity index (χ1n) is 39.6. The number of aromatic nitrogens is 1. The van der Waals surface area contributed by atoms with Gasteiger partial charge in [0.25, 0.3) is 0 Å². The Labute approximate surface area is 454 Å². The molecule has 0 aliphatic heterocycles. The van der Waals surface area contributed by atoms with Crippen molar-refractivity contribution in [2.24, 2.45) is 0 Å². The van der Waals surface area contributed by atoms with Gasteiger partial charge in [-0.05, 0) is 137 Å². The van der Waals surface area contributed by atoms with Crippen LogP contribution in [0.5, 0.6) is 0 Å². The molecule has 1 aromatic heterocycles. The summed E-state index contributed by atoms with van der Waals surface area (Å²) in [5.41, 5.74) is -13.1. The molecule has 0 saturated heterocycles. The van der Waals surface area contributed by atoms with E-state index in [4.69, 9.17) is 26.0 Å². The molecule has 11 aromatic carbocycles. The van der Waals surface area contributed by atoms with Crippen LogP contribution < -0.4 is 0 Å². The first-order valence-corrected chi connectivity index (χ1v) is 21.1. The second-order valence-corrected chi connectivity index (χ2v) is 15.9. The van der Waals surface area contributed by atoms with Crippen LogP contribution in [0.3, 0.4) is 0 Å². The molecule has 0 amide bonds. The summed E-state index contributed by atoms with van der Waals surface area (Å²) in [6, 6.07) is -25.5. The van der Waals surface area contributed by atoms with Crippen molar-refractivity contribution in [3.05, 3.63) is 305 Å². The minimum absolute atomic E-state index is 0.173. The van der Waals surface area contributed by atoms with Crippen molar-refractivity contribution in [1.82, 2.24) is 4.57 Å². The quantitative estimate of drug-likeness (QED) is 0.140. The maximum Gasteiger partial charge on any atom is 0.0725 e. The highest BCUT2D eigenvalue weighted by atomic mass is 15.0. The molecule has 14 rings (SSSR count). The van der Waals surface area contributed by atoms with Crippen LogP contribution in [0.4, 0.5) is 0 Å². The predicted octanol–water partition coefficient (Wildman–Crippen LogP) is 17.3. The van der Waals surface area contributed by atoms with Gasteiger partial charge in [0.2, 0.25) is 0 Å². The topological polar surface area (TPSA) is 4.93 Å². The summed E-state index contributed by atoms with van der Waals surface area (Å²) in [5.74, 6) is -2.10. The molecular weight excluding hydrogens is 831 g/mol. The molecule has 2 aliphatic carbocycles. The number of hydrogen-bond donors (Lipinski definition) is 0. The zero-order valence-electron chi connectivity index (χ0n) is 72.1. The lowest BCUT2D eigenvalue weighted by Gasteiger charge is -2.31. The van der Waals surface area contributed by atoms with Crippen molar-refractivity contribution < 1.29 is 50.7 Å². The van der Waals surface area contributed by atoms with Gasteiger partial charge in [-0.1, -0.05) is 224 Å². The third-order valence-electron chi connectivity index (χ3n) is 12.5. The number of nitrogens with zero attached hydrogens (tertiary/aromatic N) is 1. The van der Waals surface area contributed by atoms with E-state index in [1.165, 1.54) is 0 Å². The summed E-state index contributed by atoms with van der Waals surface area (Å²) in [5, 5.41) is -0.995. The average Bonchev–Trinajstić information content (AvgIpc) is 1.48. The Morgan fingerprint density at radius 2 is 0.913 bits per heavy atom. The second kappa shape index (κ2) is 15.7. The molecule has 0 radical (unpaired) electrons. The molecule has 0 fully saturated rings. The zero-order chi connectivity index (χ0) is 77.7. The van der Waals surface area contributed by atoms with E-state index in [9.17, 15) is 24.7 Å². The van der Waals surface area contributed by atoms with Crippen LogP contribution in [0.1, 0.15) is 95.6 Å². The maximum absolute atomic E-state index is 10.4. The van der Waals surface area contributed by atoms with Gasteiger partial charge >= 0.3 is 0 Å². The number of benzene rings is 11. The second-order valence-electron chi connectivity index (χ2n) is 15.9. The standard InChI is InChI=1S/C68H45N/c1-4-19-45(20-5-1)50-41-51(46-21-6-2-7-22-46)43-52(42-50)47-35-37-48(38-36-47)66(49-39-40-57-56-27-13-17-34-64(56)69(65(57)44-49)53-23-8-3-9-24-53)59-29-18-33-63-67(59)58-28-12-16-32-62(58)68(63)60-30-14-10-25-54(60)55-26-11-15-31-61(55)68/h1-44,66H/i1D,2D,3D,4D,5D,6D,7D,8D,9D,10D,11D,12D,13D,14D,15D,16D,17D,18D,19D,20D,21D,22D,23D,24D,25D,26D,27D,30D,33D,34D,35D,37D,39D,40D,41D,42D,43D. The number of fused-ring (bicyclic) bond motifs is 13. The molecule has 0 bridgehead atoms. The Bertz CT molecular complexity index is 6010. The number of para-hydroxylation sites is 2. The van der Waals surface area contributed by atoms with Crippen LogP contribution >= 0.6 is 0 Å². The van der Waals surface area contributed by atoms with Crippen LogP contribution in [0, 0.1) is 0 Å². The van der Waals surface area contributed by atoms with E-state index in [1.54, 1.807) is 0 Å². The van der Waals surface area contributed by atoms with Crippen LogP contribution in [0.2, 0.25) is 0 Å². The van der Waals surface area contributed by atoms with Gasteiger partial charge in [0.1, 0.15) is 0 Å². The fourth-order valence-corrected chi connectivity index (χ4v) is 9.75. The Balaban J connectivity index is 1.20. The minimum atomic E-state index is -2.45. The fourth-order valence-electron chi connectivity index (χ4n) is 9.75. The van der Waals surface area contributed by atoms with Gasteiger partial charge in [-0.15, -0.1) is 0 Å². The van der Waals surface area contributed by atoms with Crippen molar-refractivity contribution in [2.75, 3.05) is 0 Å². The minimum Gasteiger partial charge on any atom is -0.309 e. The number of hydrogen-bond acceptors (Lipinski definition) is 0. The largest absolute Gasteiger partial charge is 0.309 e. The van der Waals surface area contributed by atoms with Crippen LogP contribution in [-0.2, 0) is 5.41 Å². The Morgan fingerprint density at radius 1 is 0.348 bits per heavy atom. The molecule has 1 heterocycles. The van der Waals surface area contributed by atoms with Crippen molar-refractivity contribution in [1.29, 1.82) is 0 Å². The normalized spacial score (nSPS) is 22.2. The molecule has 2 aliphatic rings. The first-order chi connectivity index (χ1) is 49.6. The van der Waals surface area contributed by atoms with Crippen molar-refractivity contribution in [2.45, 2.75) is 11.3 Å². The van der Waals surface area contributed by atoms with Gasteiger partial charge in [-0.3, -0.25) is 0 Å². The third kappa shape index (κ3) is 5.97. The van der Waals surface area contributed by atoms with Gasteiger partial charge in [0, 0.05) is 22.4 Å². The smallest absolute Gasteiger partial charge is 0.0725 e. The molecule has 2 atom stereocenters. The van der Waals surface area contributed by atoms with Crippen molar-refractivity contribution >= 4 is 21.8 Å². The lowest BCUT2D eigenvalue weighted by Crippen LogP contribution is -2.25. The summed E-state index contributed by atoms with van der Waals surface area (Å²) in [6.07, 6.45) is 0. The van der Waals surface area contributed by atoms with E-state index < -0.39 is 324 Å². The highest BCUT2D eigenvalue weighted by molar-refractivity contribution is 6.09. The van der Waals surface area contributed by atoms with Gasteiger partial charge in [-0.25, -0.2) is 0 Å². The van der Waals surface area contributed by atoms with E-state index in [1.807, 2.05) is 0 Å². The summed E-state index contributed by atoms with van der Waals surface area (Å²) < 4.78 is 344. The fraction of sp³-hybridized carbons (Fsp3) is 0.0294. The van der Waals surface area contributed by atoms with E-state index in [0.29, 0.717) is 0 Å². The highest BCUT2D eigenvalue weighted by Gasteiger charge is 2.52. The molecule has 2 unspecified atom stereocenters. The van der Waals surface area contributed by atoms with Crippen molar-refractivity contribution in [3.8, 4) is 61.3 Å². The summed E-state index contributed by atoms with van der Waals surface area (Å²) in [7, 11) is 0. The van der Waals surface area contributed by atoms with Gasteiger partial charge < -0.3 is 4.57 Å². The molecule has 12 aromatic rings. The van der Waals surface area contributed by atoms with Crippen molar-refractivity contribution in [3.63, 3.8) is 0 Å². The summed E-state index contributed by atoms with van der Waals surface area (Å²) in [6.45, 7) is 0. The summed E-state index contributed by atoms with van der Waals surface area (Å²) >= 11 is 0. The molecule has 322 valence electrons. The Morgan fingerprint density at radius 3 is 1.68 bits per heavy atom. The monoisotopic (exact) mass is 913 g/mol. The molecule has 1 heteroatoms. The predicted molar refractivity (Wildman–Crippen MR) is 287 cm³/mol. The Hall–Kier alpha value is -8.78. The van der Waals surface area contributed by atoms with Crippen LogP contribution in [0.15, 0.2) is 266 Å². The molecule has 1 spiro atoms. The van der Waals surface area contributed by atoms with Crippen LogP contribution in [0.25, 0.3) is 83.1 Å². The SMILES string of the molecule is [2H]c1cc2c(cc1[2H])C1(c3cc([2H])c([2H])c([2H])c3-c3c([2H])c([2H])c([2H])c([2H])c31)c1c([2H])c([2H])cc(C(c3ccc(-c4c([2H])c(-c5c([2H])c([2H])c([2H])c([2H])c5[2H])c([2H])c(-c5c([2H])c([2H])c([2H])c([2H])c5[2H])c4[2H])c([2H])c3[2H])c3cc4c(c([2H])c3[2H])c3c([2H])c([2H])c([2H])c([2H])c3n4-c3c([2H])c([2H])c([2H])c([2H])c3[2H])c1-2. The third-order valence-corrected chi connectivity index (χ3v) is 12.5. The number of rotatable bonds is 7. The van der Waals surface area contributed by atoms with Crippen LogP contribution in [-0.4, -0.2) is 4.57 Å². The maximum atomic E-state index is 10.4.